The largest absolute Gasteiger partial charge is 0.473 e. The first-order chi connectivity index (χ1) is 7.58. The smallest absolute Gasteiger partial charge is 0.184 e. The van der Waals surface area contributed by atoms with Gasteiger partial charge in [-0.1, -0.05) is 6.92 Å². The van der Waals surface area contributed by atoms with Crippen LogP contribution in [-0.4, -0.2) is 11.9 Å². The minimum atomic E-state index is -0.669. The molecule has 1 aromatic carbocycles. The van der Waals surface area contributed by atoms with Crippen molar-refractivity contribution >= 4 is 5.78 Å². The average molecular weight is 221 g/mol. The number of carbonyl (C=O) groups is 1. The summed E-state index contributed by atoms with van der Waals surface area (Å²) in [5.74, 6) is -0.836. The van der Waals surface area contributed by atoms with Crippen molar-refractivity contribution in [3.05, 3.63) is 29.6 Å². The lowest BCUT2D eigenvalue weighted by atomic mass is 10.1. The van der Waals surface area contributed by atoms with Crippen molar-refractivity contribution in [1.29, 1.82) is 5.26 Å². The number of benzene rings is 1. The number of hydrogen-bond donors (Lipinski definition) is 0. The molecule has 0 aliphatic rings. The summed E-state index contributed by atoms with van der Waals surface area (Å²) in [7, 11) is 0. The Labute approximate surface area is 93.5 Å². The molecule has 16 heavy (non-hydrogen) atoms. The lowest BCUT2D eigenvalue weighted by Crippen LogP contribution is -2.13. The Hall–Kier alpha value is -1.89. The highest BCUT2D eigenvalue weighted by Crippen LogP contribution is 2.20. The second-order valence-corrected chi connectivity index (χ2v) is 3.35. The quantitative estimate of drug-likeness (QED) is 0.734. The number of ketones is 1. The predicted octanol–water partition coefficient (Wildman–Crippen LogP) is 2.71. The Bertz CT molecular complexity index is 437. The van der Waals surface area contributed by atoms with Crippen molar-refractivity contribution < 1.29 is 13.9 Å². The summed E-state index contributed by atoms with van der Waals surface area (Å²) >= 11 is 0. The Morgan fingerprint density at radius 3 is 2.75 bits per heavy atom. The van der Waals surface area contributed by atoms with Gasteiger partial charge in [0.2, 0.25) is 0 Å². The van der Waals surface area contributed by atoms with E-state index < -0.39 is 11.9 Å². The van der Waals surface area contributed by atoms with Crippen LogP contribution in [0.4, 0.5) is 4.39 Å². The monoisotopic (exact) mass is 221 g/mol. The second-order valence-electron chi connectivity index (χ2n) is 3.35. The van der Waals surface area contributed by atoms with Gasteiger partial charge in [-0.15, -0.1) is 0 Å². The van der Waals surface area contributed by atoms with Crippen LogP contribution in [0, 0.1) is 17.1 Å². The van der Waals surface area contributed by atoms with Gasteiger partial charge < -0.3 is 4.74 Å². The minimum Gasteiger partial charge on any atom is -0.473 e. The number of nitriles is 1. The molecule has 84 valence electrons. The van der Waals surface area contributed by atoms with E-state index in [1.54, 1.807) is 6.92 Å². The Morgan fingerprint density at radius 2 is 2.31 bits per heavy atom. The summed E-state index contributed by atoms with van der Waals surface area (Å²) in [6, 6.07) is 5.87. The zero-order chi connectivity index (χ0) is 12.1. The molecule has 1 aromatic rings. The van der Waals surface area contributed by atoms with Crippen LogP contribution in [0.15, 0.2) is 18.2 Å². The van der Waals surface area contributed by atoms with Gasteiger partial charge in [-0.3, -0.25) is 4.79 Å². The summed E-state index contributed by atoms with van der Waals surface area (Å²) in [6.07, 6.45) is -0.192. The van der Waals surface area contributed by atoms with E-state index in [1.165, 1.54) is 19.1 Å². The maximum atomic E-state index is 13.5. The summed E-state index contributed by atoms with van der Waals surface area (Å²) in [5.41, 5.74) is 0.287. The molecular weight excluding hydrogens is 209 g/mol. The van der Waals surface area contributed by atoms with Crippen LogP contribution in [0.5, 0.6) is 5.75 Å². The van der Waals surface area contributed by atoms with Crippen molar-refractivity contribution in [3.63, 3.8) is 0 Å². The van der Waals surface area contributed by atoms with Crippen LogP contribution >= 0.6 is 0 Å². The maximum absolute atomic E-state index is 13.5. The van der Waals surface area contributed by atoms with Gasteiger partial charge in [-0.2, -0.15) is 5.26 Å². The third-order valence-electron chi connectivity index (χ3n) is 2.12. The van der Waals surface area contributed by atoms with Crippen LogP contribution in [0.2, 0.25) is 0 Å². The van der Waals surface area contributed by atoms with Gasteiger partial charge in [0.15, 0.2) is 23.5 Å². The molecule has 0 radical (unpaired) electrons. The summed E-state index contributed by atoms with van der Waals surface area (Å²) < 4.78 is 18.6. The van der Waals surface area contributed by atoms with Gasteiger partial charge in [0.25, 0.3) is 0 Å². The van der Waals surface area contributed by atoms with Crippen molar-refractivity contribution in [1.82, 2.24) is 0 Å². The molecule has 0 bridgehead atoms. The van der Waals surface area contributed by atoms with E-state index >= 15 is 0 Å². The van der Waals surface area contributed by atoms with E-state index in [-0.39, 0.29) is 17.1 Å². The minimum absolute atomic E-state index is 0.00148. The standard InChI is InChI=1S/C12H12FNO2/c1-3-10(7-14)16-12-5-4-9(8(2)15)6-11(12)13/h4-6,10H,3H2,1-2H3. The number of carbonyl (C=O) groups excluding carboxylic acids is 1. The van der Waals surface area contributed by atoms with Gasteiger partial charge >= 0.3 is 0 Å². The first-order valence-electron chi connectivity index (χ1n) is 4.95. The van der Waals surface area contributed by atoms with Crippen molar-refractivity contribution in [2.75, 3.05) is 0 Å². The molecule has 0 fully saturated rings. The number of halogens is 1. The third kappa shape index (κ3) is 2.80. The second kappa shape index (κ2) is 5.26. The molecule has 0 aliphatic carbocycles. The Balaban J connectivity index is 2.92. The summed E-state index contributed by atoms with van der Waals surface area (Å²) in [4.78, 5) is 11.0. The molecule has 0 heterocycles. The molecule has 3 nitrogen and oxygen atoms in total. The molecule has 0 saturated carbocycles. The molecule has 1 atom stereocenters. The Morgan fingerprint density at radius 1 is 1.62 bits per heavy atom. The predicted molar refractivity (Wildman–Crippen MR) is 56.7 cm³/mol. The fraction of sp³-hybridized carbons (Fsp3) is 0.333. The van der Waals surface area contributed by atoms with Gasteiger partial charge in [0, 0.05) is 5.56 Å². The zero-order valence-electron chi connectivity index (χ0n) is 9.16. The topological polar surface area (TPSA) is 50.1 Å². The van der Waals surface area contributed by atoms with E-state index in [1.807, 2.05) is 6.07 Å². The van der Waals surface area contributed by atoms with Crippen LogP contribution < -0.4 is 4.74 Å². The molecule has 1 rings (SSSR count). The van der Waals surface area contributed by atoms with E-state index in [2.05, 4.69) is 0 Å². The third-order valence-corrected chi connectivity index (χ3v) is 2.12. The highest BCUT2D eigenvalue weighted by Gasteiger charge is 2.11. The molecule has 0 amide bonds. The zero-order valence-corrected chi connectivity index (χ0v) is 9.16. The molecule has 0 aliphatic heterocycles. The van der Waals surface area contributed by atoms with Crippen LogP contribution in [0.25, 0.3) is 0 Å². The molecule has 0 spiro atoms. The maximum Gasteiger partial charge on any atom is 0.184 e. The molecule has 0 aromatic heterocycles. The first kappa shape index (κ1) is 12.2. The molecule has 0 N–H and O–H groups in total. The van der Waals surface area contributed by atoms with Crippen molar-refractivity contribution in [3.8, 4) is 11.8 Å². The van der Waals surface area contributed by atoms with E-state index in [0.717, 1.165) is 6.07 Å². The number of hydrogen-bond acceptors (Lipinski definition) is 3. The van der Waals surface area contributed by atoms with Gasteiger partial charge in [-0.05, 0) is 31.5 Å². The lowest BCUT2D eigenvalue weighted by molar-refractivity contribution is 0.101. The van der Waals surface area contributed by atoms with Crippen molar-refractivity contribution in [2.45, 2.75) is 26.4 Å². The number of ether oxygens (including phenoxy) is 1. The van der Waals surface area contributed by atoms with E-state index in [9.17, 15) is 9.18 Å². The first-order valence-corrected chi connectivity index (χ1v) is 4.95. The Kier molecular flexibility index (Phi) is 4.01. The van der Waals surface area contributed by atoms with Gasteiger partial charge in [0.1, 0.15) is 6.07 Å². The van der Waals surface area contributed by atoms with Crippen LogP contribution in [0.1, 0.15) is 30.6 Å². The highest BCUT2D eigenvalue weighted by atomic mass is 19.1. The summed E-state index contributed by atoms with van der Waals surface area (Å²) in [5, 5.41) is 8.67. The lowest BCUT2D eigenvalue weighted by Gasteiger charge is -2.11. The van der Waals surface area contributed by atoms with Gasteiger partial charge in [-0.25, -0.2) is 4.39 Å². The highest BCUT2D eigenvalue weighted by molar-refractivity contribution is 5.94. The molecule has 0 saturated heterocycles. The van der Waals surface area contributed by atoms with E-state index in [0.29, 0.717) is 6.42 Å². The van der Waals surface area contributed by atoms with Crippen molar-refractivity contribution in [2.24, 2.45) is 0 Å². The molecule has 1 unspecified atom stereocenters. The normalized spacial score (nSPS) is 11.6. The molecule has 4 heteroatoms. The fourth-order valence-electron chi connectivity index (χ4n) is 1.17. The molecular formula is C12H12FNO2. The van der Waals surface area contributed by atoms with E-state index in [4.69, 9.17) is 10.00 Å². The fourth-order valence-corrected chi connectivity index (χ4v) is 1.17. The number of Topliss-reactive ketones (excluding diaryl/α,β-unsaturated/α-hetero) is 1. The summed E-state index contributed by atoms with van der Waals surface area (Å²) in [6.45, 7) is 3.13. The van der Waals surface area contributed by atoms with Gasteiger partial charge in [0.05, 0.1) is 0 Å². The average Bonchev–Trinajstić information content (AvgIpc) is 2.27. The number of nitrogens with zero attached hydrogens (tertiary/aromatic N) is 1. The van der Waals surface area contributed by atoms with Crippen LogP contribution in [-0.2, 0) is 0 Å². The SMILES string of the molecule is CCC(C#N)Oc1ccc(C(C)=O)cc1F. The number of rotatable bonds is 4. The van der Waals surface area contributed by atoms with Crippen LogP contribution in [0.3, 0.4) is 0 Å².